The normalized spacial score (nSPS) is 20.7. The van der Waals surface area contributed by atoms with Gasteiger partial charge in [-0.2, -0.15) is 0 Å². The zero-order valence-corrected chi connectivity index (χ0v) is 7.55. The van der Waals surface area contributed by atoms with Gasteiger partial charge in [0.2, 0.25) is 5.91 Å². The van der Waals surface area contributed by atoms with E-state index in [0.717, 1.165) is 12.1 Å². The van der Waals surface area contributed by atoms with Crippen LogP contribution in [0, 0.1) is 0 Å². The smallest absolute Gasteiger partial charge is 0.224 e. The summed E-state index contributed by atoms with van der Waals surface area (Å²) in [4.78, 5) is 11.1. The number of hydrogen-bond donors (Lipinski definition) is 1. The molecular weight excluding hydrogens is 162 g/mol. The van der Waals surface area contributed by atoms with E-state index >= 15 is 0 Å². The fourth-order valence-electron chi connectivity index (χ4n) is 1.60. The molecule has 1 heterocycles. The van der Waals surface area contributed by atoms with Crippen LogP contribution in [0.25, 0.3) is 0 Å². The predicted molar refractivity (Wildman–Crippen MR) is 50.8 cm³/mol. The second-order valence-corrected chi connectivity index (χ2v) is 3.27. The zero-order chi connectivity index (χ0) is 9.26. The highest BCUT2D eigenvalue weighted by Crippen LogP contribution is 2.24. The van der Waals surface area contributed by atoms with Crippen molar-refractivity contribution >= 4 is 5.91 Å². The first-order valence-electron chi connectivity index (χ1n) is 4.40. The quantitative estimate of drug-likeness (QED) is 0.556. The minimum Gasteiger partial charge on any atom is -0.326 e. The molecule has 2 aliphatic rings. The molecule has 13 heavy (non-hydrogen) atoms. The van der Waals surface area contributed by atoms with Gasteiger partial charge in [-0.15, -0.1) is 5.73 Å². The molecule has 1 amide bonds. The van der Waals surface area contributed by atoms with Gasteiger partial charge in [0, 0.05) is 12.1 Å². The summed E-state index contributed by atoms with van der Waals surface area (Å²) in [6, 6.07) is 0. The van der Waals surface area contributed by atoms with Crippen LogP contribution in [0.15, 0.2) is 40.8 Å². The number of fused-ring (bicyclic) bond motifs is 1. The third kappa shape index (κ3) is 1.49. The molecule has 0 atom stereocenters. The minimum atomic E-state index is 0.109. The number of allylic oxidation sites excluding steroid dienone is 4. The van der Waals surface area contributed by atoms with Crippen molar-refractivity contribution in [3.8, 4) is 0 Å². The van der Waals surface area contributed by atoms with Gasteiger partial charge < -0.3 is 5.32 Å². The summed E-state index contributed by atoms with van der Waals surface area (Å²) in [6.45, 7) is 2.05. The Morgan fingerprint density at radius 1 is 1.46 bits per heavy atom. The van der Waals surface area contributed by atoms with Gasteiger partial charge in [0.1, 0.15) is 0 Å². The summed E-state index contributed by atoms with van der Waals surface area (Å²) in [5.41, 5.74) is 6.40. The molecule has 1 N–H and O–H groups in total. The van der Waals surface area contributed by atoms with Crippen molar-refractivity contribution in [1.29, 1.82) is 0 Å². The van der Waals surface area contributed by atoms with Gasteiger partial charge in [-0.1, -0.05) is 0 Å². The van der Waals surface area contributed by atoms with Gasteiger partial charge in [0.15, 0.2) is 0 Å². The minimum absolute atomic E-state index is 0.109. The Bertz CT molecular complexity index is 379. The fraction of sp³-hybridized carbons (Fsp3) is 0.273. The maximum Gasteiger partial charge on any atom is 0.224 e. The number of rotatable bonds is 0. The van der Waals surface area contributed by atoms with Gasteiger partial charge in [-0.25, -0.2) is 0 Å². The standard InChI is InChI=1S/C11H11NO/c1-8-4-2-3-5-10-9(8)6-7-11(13)12-10/h3-5H,6-7H2,1H3,(H,12,13). The molecule has 0 aromatic carbocycles. The molecule has 0 saturated carbocycles. The third-order valence-corrected chi connectivity index (χ3v) is 2.32. The van der Waals surface area contributed by atoms with Crippen LogP contribution in [0.5, 0.6) is 0 Å². The maximum atomic E-state index is 11.1. The van der Waals surface area contributed by atoms with Crippen LogP contribution in [0.4, 0.5) is 0 Å². The van der Waals surface area contributed by atoms with E-state index in [0.29, 0.717) is 6.42 Å². The summed E-state index contributed by atoms with van der Waals surface area (Å²) in [5.74, 6) is 0.109. The van der Waals surface area contributed by atoms with E-state index < -0.39 is 0 Å². The summed E-state index contributed by atoms with van der Waals surface area (Å²) in [7, 11) is 0. The largest absolute Gasteiger partial charge is 0.326 e. The fourth-order valence-corrected chi connectivity index (χ4v) is 1.60. The van der Waals surface area contributed by atoms with Crippen LogP contribution in [0.3, 0.4) is 0 Å². The molecule has 1 aliphatic carbocycles. The SMILES string of the molecule is CC1=C2CCC(=O)NC2=CC=C=C1. The van der Waals surface area contributed by atoms with Crippen molar-refractivity contribution in [2.75, 3.05) is 0 Å². The molecule has 1 fully saturated rings. The molecule has 0 aromatic rings. The monoisotopic (exact) mass is 173 g/mol. The average molecular weight is 173 g/mol. The van der Waals surface area contributed by atoms with E-state index in [-0.39, 0.29) is 5.91 Å². The molecule has 2 heteroatoms. The Morgan fingerprint density at radius 3 is 3.15 bits per heavy atom. The number of amides is 1. The third-order valence-electron chi connectivity index (χ3n) is 2.32. The van der Waals surface area contributed by atoms with E-state index in [9.17, 15) is 4.79 Å². The number of carbonyl (C=O) groups excluding carboxylic acids is 1. The Labute approximate surface area is 77.3 Å². The van der Waals surface area contributed by atoms with Crippen molar-refractivity contribution in [2.24, 2.45) is 0 Å². The molecule has 0 spiro atoms. The van der Waals surface area contributed by atoms with Crippen molar-refractivity contribution in [2.45, 2.75) is 19.8 Å². The van der Waals surface area contributed by atoms with Crippen molar-refractivity contribution < 1.29 is 4.79 Å². The molecule has 0 unspecified atom stereocenters. The lowest BCUT2D eigenvalue weighted by Crippen LogP contribution is -2.28. The predicted octanol–water partition coefficient (Wildman–Crippen LogP) is 1.82. The van der Waals surface area contributed by atoms with Gasteiger partial charge >= 0.3 is 0 Å². The van der Waals surface area contributed by atoms with Crippen LogP contribution >= 0.6 is 0 Å². The van der Waals surface area contributed by atoms with E-state index in [2.05, 4.69) is 11.0 Å². The summed E-state index contributed by atoms with van der Waals surface area (Å²) in [5, 5.41) is 2.86. The zero-order valence-electron chi connectivity index (χ0n) is 7.55. The molecule has 1 saturated heterocycles. The molecule has 66 valence electrons. The second-order valence-electron chi connectivity index (χ2n) is 3.27. The van der Waals surface area contributed by atoms with E-state index in [1.165, 1.54) is 11.1 Å². The Morgan fingerprint density at radius 2 is 2.31 bits per heavy atom. The van der Waals surface area contributed by atoms with Crippen molar-refractivity contribution in [3.05, 3.63) is 40.8 Å². The van der Waals surface area contributed by atoms with E-state index in [1.807, 2.05) is 25.2 Å². The summed E-state index contributed by atoms with van der Waals surface area (Å²) >= 11 is 0. The highest BCUT2D eigenvalue weighted by Gasteiger charge is 2.18. The topological polar surface area (TPSA) is 29.1 Å². The van der Waals surface area contributed by atoms with Crippen LogP contribution in [-0.4, -0.2) is 5.91 Å². The van der Waals surface area contributed by atoms with Crippen molar-refractivity contribution in [3.63, 3.8) is 0 Å². The van der Waals surface area contributed by atoms with Crippen LogP contribution in [0.1, 0.15) is 19.8 Å². The van der Waals surface area contributed by atoms with E-state index in [1.54, 1.807) is 0 Å². The van der Waals surface area contributed by atoms with Gasteiger partial charge in [0.05, 0.1) is 0 Å². The maximum absolute atomic E-state index is 11.1. The molecule has 0 aromatic heterocycles. The lowest BCUT2D eigenvalue weighted by atomic mass is 9.97. The number of nitrogens with one attached hydrogen (secondary N) is 1. The summed E-state index contributed by atoms with van der Waals surface area (Å²) < 4.78 is 0. The number of hydrogen-bond acceptors (Lipinski definition) is 1. The Kier molecular flexibility index (Phi) is 1.91. The van der Waals surface area contributed by atoms with Crippen LogP contribution in [-0.2, 0) is 4.79 Å². The first kappa shape index (κ1) is 8.09. The average Bonchev–Trinajstić information content (AvgIpc) is 2.28. The molecule has 2 rings (SSSR count). The Balaban J connectivity index is 2.43. The molecular formula is C11H11NO. The highest BCUT2D eigenvalue weighted by molar-refractivity contribution is 5.81. The first-order valence-corrected chi connectivity index (χ1v) is 4.40. The Hall–Kier alpha value is -1.53. The molecule has 0 bridgehead atoms. The lowest BCUT2D eigenvalue weighted by molar-refractivity contribution is -0.120. The lowest BCUT2D eigenvalue weighted by Gasteiger charge is -2.19. The second kappa shape index (κ2) is 3.08. The van der Waals surface area contributed by atoms with Gasteiger partial charge in [-0.05, 0) is 42.7 Å². The number of piperidine rings is 1. The van der Waals surface area contributed by atoms with Crippen LogP contribution in [0.2, 0.25) is 0 Å². The van der Waals surface area contributed by atoms with Gasteiger partial charge in [0.25, 0.3) is 0 Å². The summed E-state index contributed by atoms with van der Waals surface area (Å²) in [6.07, 6.45) is 7.13. The van der Waals surface area contributed by atoms with Crippen molar-refractivity contribution in [1.82, 2.24) is 5.32 Å². The van der Waals surface area contributed by atoms with E-state index in [4.69, 9.17) is 0 Å². The van der Waals surface area contributed by atoms with Crippen LogP contribution < -0.4 is 5.32 Å². The first-order chi connectivity index (χ1) is 6.27. The molecule has 2 nitrogen and oxygen atoms in total. The number of carbonyl (C=O) groups is 1. The highest BCUT2D eigenvalue weighted by atomic mass is 16.1. The molecule has 0 radical (unpaired) electrons. The van der Waals surface area contributed by atoms with Gasteiger partial charge in [-0.3, -0.25) is 4.79 Å². The molecule has 1 aliphatic heterocycles.